The SMILES string of the molecule is CCCCCCCC/C=C\CCCCCCCCC(CCCCCCCC/C=C\CCCCCCCC)C(N)=O. The first-order chi connectivity index (χ1) is 19.7. The molecule has 0 fully saturated rings. The van der Waals surface area contributed by atoms with Gasteiger partial charge in [0, 0.05) is 5.92 Å². The van der Waals surface area contributed by atoms with Crippen LogP contribution in [0.1, 0.15) is 206 Å². The number of primary amides is 1. The Kier molecular flexibility index (Phi) is 33.3. The van der Waals surface area contributed by atoms with Crippen molar-refractivity contribution in [1.82, 2.24) is 0 Å². The zero-order valence-corrected chi connectivity index (χ0v) is 27.6. The summed E-state index contributed by atoms with van der Waals surface area (Å²) in [6, 6.07) is 0. The van der Waals surface area contributed by atoms with Crippen molar-refractivity contribution in [2.75, 3.05) is 0 Å². The van der Waals surface area contributed by atoms with E-state index in [0.717, 1.165) is 25.7 Å². The molecule has 0 rings (SSSR count). The van der Waals surface area contributed by atoms with Gasteiger partial charge in [0.25, 0.3) is 0 Å². The molecule has 0 aliphatic heterocycles. The summed E-state index contributed by atoms with van der Waals surface area (Å²) >= 11 is 0. The van der Waals surface area contributed by atoms with Gasteiger partial charge in [0.05, 0.1) is 0 Å². The van der Waals surface area contributed by atoms with Crippen LogP contribution in [-0.2, 0) is 4.79 Å². The molecule has 2 heteroatoms. The van der Waals surface area contributed by atoms with E-state index in [0.29, 0.717) is 0 Å². The van der Waals surface area contributed by atoms with Gasteiger partial charge >= 0.3 is 0 Å². The van der Waals surface area contributed by atoms with E-state index in [1.54, 1.807) is 0 Å². The molecule has 0 heterocycles. The third kappa shape index (κ3) is 31.5. The van der Waals surface area contributed by atoms with Crippen molar-refractivity contribution in [3.05, 3.63) is 24.3 Å². The summed E-state index contributed by atoms with van der Waals surface area (Å²) in [4.78, 5) is 11.9. The highest BCUT2D eigenvalue weighted by atomic mass is 16.1. The van der Waals surface area contributed by atoms with Crippen molar-refractivity contribution in [2.45, 2.75) is 206 Å². The second kappa shape index (κ2) is 34.2. The van der Waals surface area contributed by atoms with Crippen LogP contribution in [0.15, 0.2) is 24.3 Å². The minimum absolute atomic E-state index is 0.0690. The number of hydrogen-bond donors (Lipinski definition) is 1. The Hall–Kier alpha value is -1.05. The van der Waals surface area contributed by atoms with E-state index in [2.05, 4.69) is 38.2 Å². The highest BCUT2D eigenvalue weighted by Crippen LogP contribution is 2.19. The minimum Gasteiger partial charge on any atom is -0.369 e. The molecule has 40 heavy (non-hydrogen) atoms. The zero-order chi connectivity index (χ0) is 29.2. The standard InChI is InChI=1S/C38H73NO/c1-3-5-7-9-11-13-15-17-19-21-23-25-27-29-31-33-35-37(38(39)40)36-34-32-30-28-26-24-22-20-18-16-14-12-10-8-6-4-2/h17-20,37H,3-16,21-36H2,1-2H3,(H2,39,40)/b19-17-,20-18-. The first-order valence-corrected chi connectivity index (χ1v) is 18.3. The maximum Gasteiger partial charge on any atom is 0.220 e. The summed E-state index contributed by atoms with van der Waals surface area (Å²) in [5, 5.41) is 0. The molecule has 0 radical (unpaired) electrons. The predicted molar refractivity (Wildman–Crippen MR) is 181 cm³/mol. The summed E-state index contributed by atoms with van der Waals surface area (Å²) in [5.74, 6) is 0.0362. The second-order valence-corrected chi connectivity index (χ2v) is 12.6. The van der Waals surface area contributed by atoms with Crippen LogP contribution < -0.4 is 5.73 Å². The van der Waals surface area contributed by atoms with Crippen molar-refractivity contribution in [2.24, 2.45) is 11.7 Å². The summed E-state index contributed by atoms with van der Waals surface area (Å²) in [6.07, 6.45) is 48.8. The molecular formula is C38H73NO. The average molecular weight is 560 g/mol. The molecule has 1 amide bonds. The monoisotopic (exact) mass is 560 g/mol. The number of hydrogen-bond acceptors (Lipinski definition) is 1. The van der Waals surface area contributed by atoms with Gasteiger partial charge in [-0.15, -0.1) is 0 Å². The lowest BCUT2D eigenvalue weighted by Gasteiger charge is -2.13. The van der Waals surface area contributed by atoms with Crippen molar-refractivity contribution in [3.8, 4) is 0 Å². The van der Waals surface area contributed by atoms with Gasteiger partial charge in [-0.05, 0) is 64.2 Å². The number of unbranched alkanes of at least 4 members (excludes halogenated alkanes) is 24. The maximum atomic E-state index is 11.9. The van der Waals surface area contributed by atoms with Gasteiger partial charge in [0.1, 0.15) is 0 Å². The predicted octanol–water partition coefficient (Wildman–Crippen LogP) is 12.9. The van der Waals surface area contributed by atoms with Crippen LogP contribution in [0.4, 0.5) is 0 Å². The van der Waals surface area contributed by atoms with E-state index >= 15 is 0 Å². The van der Waals surface area contributed by atoms with Crippen molar-refractivity contribution in [3.63, 3.8) is 0 Å². The largest absolute Gasteiger partial charge is 0.369 e. The fourth-order valence-corrected chi connectivity index (χ4v) is 5.71. The third-order valence-corrected chi connectivity index (χ3v) is 8.53. The molecule has 0 aromatic heterocycles. The van der Waals surface area contributed by atoms with E-state index in [4.69, 9.17) is 5.73 Å². The Morgan fingerprint density at radius 1 is 0.425 bits per heavy atom. The van der Waals surface area contributed by atoms with E-state index in [-0.39, 0.29) is 11.8 Å². The molecule has 0 saturated carbocycles. The lowest BCUT2D eigenvalue weighted by molar-refractivity contribution is -0.122. The van der Waals surface area contributed by atoms with Crippen LogP contribution in [0, 0.1) is 5.92 Å². The van der Waals surface area contributed by atoms with E-state index in [1.165, 1.54) is 167 Å². The summed E-state index contributed by atoms with van der Waals surface area (Å²) in [6.45, 7) is 4.56. The van der Waals surface area contributed by atoms with Crippen LogP contribution in [-0.4, -0.2) is 5.91 Å². The zero-order valence-electron chi connectivity index (χ0n) is 27.6. The van der Waals surface area contributed by atoms with Gasteiger partial charge in [-0.1, -0.05) is 167 Å². The summed E-state index contributed by atoms with van der Waals surface area (Å²) in [5.41, 5.74) is 5.72. The molecule has 2 nitrogen and oxygen atoms in total. The number of carbonyl (C=O) groups excluding carboxylic acids is 1. The number of amides is 1. The number of allylic oxidation sites excluding steroid dienone is 4. The molecule has 0 bridgehead atoms. The van der Waals surface area contributed by atoms with Gasteiger partial charge < -0.3 is 5.73 Å². The first-order valence-electron chi connectivity index (χ1n) is 18.3. The van der Waals surface area contributed by atoms with E-state index < -0.39 is 0 Å². The van der Waals surface area contributed by atoms with Crippen LogP contribution in [0.25, 0.3) is 0 Å². The van der Waals surface area contributed by atoms with Gasteiger partial charge in [0.2, 0.25) is 5.91 Å². The topological polar surface area (TPSA) is 43.1 Å². The highest BCUT2D eigenvalue weighted by Gasteiger charge is 2.14. The van der Waals surface area contributed by atoms with Crippen molar-refractivity contribution >= 4 is 5.91 Å². The Bertz CT molecular complexity index is 510. The lowest BCUT2D eigenvalue weighted by Crippen LogP contribution is -2.23. The lowest BCUT2D eigenvalue weighted by atomic mass is 9.93. The molecule has 0 spiro atoms. The van der Waals surface area contributed by atoms with E-state index in [1.807, 2.05) is 0 Å². The molecule has 0 aliphatic carbocycles. The summed E-state index contributed by atoms with van der Waals surface area (Å²) in [7, 11) is 0. The number of carbonyl (C=O) groups is 1. The van der Waals surface area contributed by atoms with E-state index in [9.17, 15) is 4.79 Å². The molecule has 2 N–H and O–H groups in total. The molecule has 0 atom stereocenters. The van der Waals surface area contributed by atoms with Crippen molar-refractivity contribution < 1.29 is 4.79 Å². The van der Waals surface area contributed by atoms with Crippen LogP contribution >= 0.6 is 0 Å². The van der Waals surface area contributed by atoms with Crippen LogP contribution in [0.2, 0.25) is 0 Å². The van der Waals surface area contributed by atoms with Crippen LogP contribution in [0.3, 0.4) is 0 Å². The molecule has 0 aromatic carbocycles. The van der Waals surface area contributed by atoms with Crippen molar-refractivity contribution in [1.29, 1.82) is 0 Å². The Balaban J connectivity index is 3.47. The van der Waals surface area contributed by atoms with Gasteiger partial charge in [-0.2, -0.15) is 0 Å². The molecule has 0 unspecified atom stereocenters. The normalized spacial score (nSPS) is 12.0. The molecule has 0 aromatic rings. The Morgan fingerprint density at radius 2 is 0.675 bits per heavy atom. The maximum absolute atomic E-state index is 11.9. The second-order valence-electron chi connectivity index (χ2n) is 12.6. The number of nitrogens with two attached hydrogens (primary N) is 1. The third-order valence-electron chi connectivity index (χ3n) is 8.53. The van der Waals surface area contributed by atoms with Gasteiger partial charge in [-0.25, -0.2) is 0 Å². The number of rotatable bonds is 33. The molecular weight excluding hydrogens is 486 g/mol. The molecule has 0 aliphatic rings. The fraction of sp³-hybridized carbons (Fsp3) is 0.868. The highest BCUT2D eigenvalue weighted by molar-refractivity contribution is 5.76. The quantitative estimate of drug-likeness (QED) is 0.0630. The average Bonchev–Trinajstić information content (AvgIpc) is 2.95. The minimum atomic E-state index is -0.0690. The van der Waals surface area contributed by atoms with Gasteiger partial charge in [0.15, 0.2) is 0 Å². The first kappa shape index (κ1) is 39.0. The smallest absolute Gasteiger partial charge is 0.220 e. The summed E-state index contributed by atoms with van der Waals surface area (Å²) < 4.78 is 0. The Morgan fingerprint density at radius 3 is 0.950 bits per heavy atom. The Labute approximate surface area is 252 Å². The molecule has 236 valence electrons. The fourth-order valence-electron chi connectivity index (χ4n) is 5.71. The molecule has 0 saturated heterocycles. The van der Waals surface area contributed by atoms with Crippen LogP contribution in [0.5, 0.6) is 0 Å². The van der Waals surface area contributed by atoms with Gasteiger partial charge in [-0.3, -0.25) is 4.79 Å².